The van der Waals surface area contributed by atoms with Crippen LogP contribution in [0.25, 0.3) is 0 Å². The van der Waals surface area contributed by atoms with Crippen LogP contribution in [0.1, 0.15) is 5.56 Å². The first-order valence-corrected chi connectivity index (χ1v) is 6.21. The van der Waals surface area contributed by atoms with E-state index in [2.05, 4.69) is 0 Å². The molecule has 9 heteroatoms. The molecule has 120 valence electrons. The van der Waals surface area contributed by atoms with Crippen LogP contribution < -0.4 is 10.0 Å². The molecule has 1 aromatic rings. The van der Waals surface area contributed by atoms with Gasteiger partial charge in [-0.3, -0.25) is 4.79 Å². The van der Waals surface area contributed by atoms with Crippen molar-refractivity contribution in [3.8, 4) is 0 Å². The summed E-state index contributed by atoms with van der Waals surface area (Å²) in [4.78, 5) is 23.7. The quantitative estimate of drug-likeness (QED) is 0.815. The number of carboxylic acids is 1. The number of aliphatic hydroxyl groups excluding tert-OH is 1. The number of benzene rings is 1. The highest BCUT2D eigenvalue weighted by Gasteiger charge is 2.37. The zero-order valence-electron chi connectivity index (χ0n) is 11.0. The van der Waals surface area contributed by atoms with E-state index in [1.54, 1.807) is 0 Å². The molecule has 0 bridgehead atoms. The second-order valence-corrected chi connectivity index (χ2v) is 4.59. The third kappa shape index (κ3) is 3.20. The van der Waals surface area contributed by atoms with Gasteiger partial charge in [0.05, 0.1) is 18.1 Å². The van der Waals surface area contributed by atoms with Gasteiger partial charge in [-0.1, -0.05) is 0 Å². The number of rotatable bonds is 3. The molecule has 1 saturated heterocycles. The van der Waals surface area contributed by atoms with Gasteiger partial charge in [-0.05, 0) is 24.3 Å². The van der Waals surface area contributed by atoms with Crippen LogP contribution in [0.2, 0.25) is 0 Å². The van der Waals surface area contributed by atoms with E-state index in [0.29, 0.717) is 0 Å². The van der Waals surface area contributed by atoms with Crippen molar-refractivity contribution in [3.63, 3.8) is 0 Å². The SMILES string of the molecule is O=C([O-])C(O)[C@H]1OCCN(c2ccc(C(F)(F)F)cc2)C1=O. The number of hydrogen-bond donors (Lipinski definition) is 1. The van der Waals surface area contributed by atoms with Gasteiger partial charge < -0.3 is 24.6 Å². The van der Waals surface area contributed by atoms with Crippen molar-refractivity contribution in [2.45, 2.75) is 18.4 Å². The van der Waals surface area contributed by atoms with Gasteiger partial charge in [-0.15, -0.1) is 0 Å². The van der Waals surface area contributed by atoms with Crippen molar-refractivity contribution >= 4 is 17.6 Å². The van der Waals surface area contributed by atoms with Crippen molar-refractivity contribution < 1.29 is 37.7 Å². The molecule has 1 N–H and O–H groups in total. The summed E-state index contributed by atoms with van der Waals surface area (Å²) in [6.45, 7) is -0.0394. The van der Waals surface area contributed by atoms with Crippen LogP contribution in [0.15, 0.2) is 24.3 Å². The summed E-state index contributed by atoms with van der Waals surface area (Å²) in [5.74, 6) is -2.73. The molecule has 0 aliphatic carbocycles. The second-order valence-electron chi connectivity index (χ2n) is 4.59. The molecular formula is C13H11F3NO5-. The molecule has 2 atom stereocenters. The van der Waals surface area contributed by atoms with Crippen LogP contribution in [0.5, 0.6) is 0 Å². The van der Waals surface area contributed by atoms with Crippen molar-refractivity contribution in [1.82, 2.24) is 0 Å². The number of amides is 1. The van der Waals surface area contributed by atoms with Crippen molar-refractivity contribution in [2.75, 3.05) is 18.1 Å². The van der Waals surface area contributed by atoms with Crippen LogP contribution >= 0.6 is 0 Å². The van der Waals surface area contributed by atoms with Gasteiger partial charge in [0.1, 0.15) is 6.10 Å². The van der Waals surface area contributed by atoms with Crippen LogP contribution in [-0.2, 0) is 20.5 Å². The molecule has 2 rings (SSSR count). The van der Waals surface area contributed by atoms with E-state index in [1.807, 2.05) is 0 Å². The van der Waals surface area contributed by atoms with Crippen LogP contribution in [-0.4, -0.2) is 42.3 Å². The van der Waals surface area contributed by atoms with E-state index in [1.165, 1.54) is 0 Å². The highest BCUT2D eigenvalue weighted by Crippen LogP contribution is 2.31. The average Bonchev–Trinajstić information content (AvgIpc) is 2.46. The molecule has 0 aromatic heterocycles. The number of carbonyl (C=O) groups excluding carboxylic acids is 2. The molecule has 1 fully saturated rings. The van der Waals surface area contributed by atoms with Gasteiger partial charge in [-0.2, -0.15) is 13.2 Å². The molecule has 6 nitrogen and oxygen atoms in total. The monoisotopic (exact) mass is 318 g/mol. The minimum absolute atomic E-state index is 0.0282. The van der Waals surface area contributed by atoms with E-state index in [9.17, 15) is 33.0 Å². The third-order valence-electron chi connectivity index (χ3n) is 3.16. The molecule has 0 saturated carbocycles. The maximum Gasteiger partial charge on any atom is 0.416 e. The van der Waals surface area contributed by atoms with Gasteiger partial charge in [0.15, 0.2) is 6.10 Å². The summed E-state index contributed by atoms with van der Waals surface area (Å²) < 4.78 is 42.4. The lowest BCUT2D eigenvalue weighted by Crippen LogP contribution is -2.57. The summed E-state index contributed by atoms with van der Waals surface area (Å²) in [7, 11) is 0. The predicted molar refractivity (Wildman–Crippen MR) is 64.6 cm³/mol. The predicted octanol–water partition coefficient (Wildman–Crippen LogP) is -0.452. The molecule has 1 heterocycles. The fourth-order valence-electron chi connectivity index (χ4n) is 2.04. The Bertz CT molecular complexity index is 572. The van der Waals surface area contributed by atoms with Gasteiger partial charge >= 0.3 is 6.18 Å². The Morgan fingerprint density at radius 3 is 2.45 bits per heavy atom. The summed E-state index contributed by atoms with van der Waals surface area (Å²) in [5.41, 5.74) is -0.722. The number of ether oxygens (including phenoxy) is 1. The van der Waals surface area contributed by atoms with Gasteiger partial charge in [0.2, 0.25) is 0 Å². The summed E-state index contributed by atoms with van der Waals surface area (Å²) in [5, 5.41) is 20.0. The van der Waals surface area contributed by atoms with E-state index in [4.69, 9.17) is 4.74 Å². The number of halogens is 3. The number of carbonyl (C=O) groups is 2. The Morgan fingerprint density at radius 2 is 1.95 bits per heavy atom. The fraction of sp³-hybridized carbons (Fsp3) is 0.385. The maximum atomic E-state index is 12.5. The number of carboxylic acid groups (broad SMARTS) is 1. The fourth-order valence-corrected chi connectivity index (χ4v) is 2.04. The topological polar surface area (TPSA) is 89.9 Å². The normalized spacial score (nSPS) is 20.8. The Balaban J connectivity index is 2.21. The molecular weight excluding hydrogens is 307 g/mol. The number of alkyl halides is 3. The second kappa shape index (κ2) is 5.93. The standard InChI is InChI=1S/C13H12F3NO5/c14-13(15,16)7-1-3-8(4-2-7)17-5-6-22-10(11(17)19)9(18)12(20)21/h1-4,9-10,18H,5-6H2,(H,20,21)/p-1/t9?,10-/m1/s1. The largest absolute Gasteiger partial charge is 0.547 e. The van der Waals surface area contributed by atoms with Crippen LogP contribution in [0, 0.1) is 0 Å². The summed E-state index contributed by atoms with van der Waals surface area (Å²) in [6.07, 6.45) is -8.30. The molecule has 1 aromatic carbocycles. The molecule has 0 radical (unpaired) electrons. The number of hydrogen-bond acceptors (Lipinski definition) is 5. The molecule has 1 amide bonds. The van der Waals surface area contributed by atoms with Crippen molar-refractivity contribution in [1.29, 1.82) is 0 Å². The van der Waals surface area contributed by atoms with E-state index in [0.717, 1.165) is 29.2 Å². The zero-order chi connectivity index (χ0) is 16.5. The molecule has 1 unspecified atom stereocenters. The third-order valence-corrected chi connectivity index (χ3v) is 3.16. The lowest BCUT2D eigenvalue weighted by Gasteiger charge is -2.34. The molecule has 1 aliphatic rings. The first-order chi connectivity index (χ1) is 10.2. The summed E-state index contributed by atoms with van der Waals surface area (Å²) >= 11 is 0. The number of nitrogens with zero attached hydrogens (tertiary/aromatic N) is 1. The van der Waals surface area contributed by atoms with Crippen LogP contribution in [0.3, 0.4) is 0 Å². The van der Waals surface area contributed by atoms with E-state index in [-0.39, 0.29) is 18.8 Å². The van der Waals surface area contributed by atoms with Gasteiger partial charge in [-0.25, -0.2) is 0 Å². The molecule has 1 aliphatic heterocycles. The highest BCUT2D eigenvalue weighted by molar-refractivity contribution is 5.99. The lowest BCUT2D eigenvalue weighted by molar-refractivity contribution is -0.318. The van der Waals surface area contributed by atoms with Crippen molar-refractivity contribution in [2.24, 2.45) is 0 Å². The minimum atomic E-state index is -4.50. The average molecular weight is 318 g/mol. The Morgan fingerprint density at radius 1 is 1.36 bits per heavy atom. The minimum Gasteiger partial charge on any atom is -0.547 e. The maximum absolute atomic E-state index is 12.5. The Labute approximate surface area is 122 Å². The Hall–Kier alpha value is -2.13. The lowest BCUT2D eigenvalue weighted by atomic mass is 10.1. The number of morpholine rings is 1. The van der Waals surface area contributed by atoms with Crippen LogP contribution in [0.4, 0.5) is 18.9 Å². The van der Waals surface area contributed by atoms with Gasteiger partial charge in [0.25, 0.3) is 5.91 Å². The Kier molecular flexibility index (Phi) is 4.38. The summed E-state index contributed by atoms with van der Waals surface area (Å²) in [6, 6.07) is 3.80. The van der Waals surface area contributed by atoms with Gasteiger partial charge in [0, 0.05) is 12.2 Å². The highest BCUT2D eigenvalue weighted by atomic mass is 19.4. The first kappa shape index (κ1) is 16.2. The molecule has 0 spiro atoms. The number of aliphatic hydroxyl groups is 1. The van der Waals surface area contributed by atoms with Crippen molar-refractivity contribution in [3.05, 3.63) is 29.8 Å². The molecule has 22 heavy (non-hydrogen) atoms. The first-order valence-electron chi connectivity index (χ1n) is 6.21. The zero-order valence-corrected chi connectivity index (χ0v) is 11.0. The smallest absolute Gasteiger partial charge is 0.416 e. The van der Waals surface area contributed by atoms with E-state index >= 15 is 0 Å². The van der Waals surface area contributed by atoms with E-state index < -0.39 is 35.8 Å². The number of aliphatic carboxylic acids is 1. The number of anilines is 1.